The molecule has 0 heterocycles. The maximum atomic E-state index is 11.8. The molecule has 2 saturated carbocycles. The predicted octanol–water partition coefficient (Wildman–Crippen LogP) is 1.63. The van der Waals surface area contributed by atoms with Gasteiger partial charge in [0, 0.05) is 19.1 Å². The van der Waals surface area contributed by atoms with Crippen LogP contribution < -0.4 is 5.32 Å². The summed E-state index contributed by atoms with van der Waals surface area (Å²) in [4.78, 5) is 13.7. The summed E-state index contributed by atoms with van der Waals surface area (Å²) in [6.07, 6.45) is 4.91. The van der Waals surface area contributed by atoms with Crippen LogP contribution in [0.2, 0.25) is 0 Å². The van der Waals surface area contributed by atoms with Crippen LogP contribution in [0.25, 0.3) is 0 Å². The number of rotatable bonds is 4. The Morgan fingerprint density at radius 2 is 1.94 bits per heavy atom. The van der Waals surface area contributed by atoms with E-state index in [-0.39, 0.29) is 5.91 Å². The summed E-state index contributed by atoms with van der Waals surface area (Å²) in [7, 11) is 1.93. The second-order valence-corrected chi connectivity index (χ2v) is 5.64. The van der Waals surface area contributed by atoms with Crippen LogP contribution in [-0.2, 0) is 4.79 Å². The summed E-state index contributed by atoms with van der Waals surface area (Å²) in [5.74, 6) is 1.77. The second-order valence-electron chi connectivity index (χ2n) is 5.64. The molecule has 16 heavy (non-hydrogen) atoms. The highest BCUT2D eigenvalue weighted by Gasteiger charge is 2.32. The summed E-state index contributed by atoms with van der Waals surface area (Å²) >= 11 is 0. The lowest BCUT2D eigenvalue weighted by Gasteiger charge is -2.22. The van der Waals surface area contributed by atoms with E-state index in [2.05, 4.69) is 19.2 Å². The van der Waals surface area contributed by atoms with Crippen LogP contribution in [-0.4, -0.2) is 36.5 Å². The lowest BCUT2D eigenvalue weighted by molar-refractivity contribution is -0.129. The molecular formula is C13H24N2O. The van der Waals surface area contributed by atoms with Crippen molar-refractivity contribution in [3.8, 4) is 0 Å². The molecule has 1 N–H and O–H groups in total. The molecule has 0 aromatic rings. The molecule has 2 aliphatic rings. The molecule has 2 rings (SSSR count). The Labute approximate surface area is 98.6 Å². The van der Waals surface area contributed by atoms with Gasteiger partial charge < -0.3 is 10.2 Å². The quantitative estimate of drug-likeness (QED) is 0.787. The molecule has 0 aliphatic heterocycles. The van der Waals surface area contributed by atoms with E-state index in [1.54, 1.807) is 0 Å². The van der Waals surface area contributed by atoms with Crippen LogP contribution >= 0.6 is 0 Å². The van der Waals surface area contributed by atoms with Crippen molar-refractivity contribution in [3.63, 3.8) is 0 Å². The summed E-state index contributed by atoms with van der Waals surface area (Å²) in [5.41, 5.74) is 0. The fraction of sp³-hybridized carbons (Fsp3) is 0.923. The highest BCUT2D eigenvalue weighted by atomic mass is 16.2. The van der Waals surface area contributed by atoms with Crippen molar-refractivity contribution in [1.82, 2.24) is 10.2 Å². The topological polar surface area (TPSA) is 32.3 Å². The van der Waals surface area contributed by atoms with Gasteiger partial charge in [-0.3, -0.25) is 4.79 Å². The van der Waals surface area contributed by atoms with Crippen molar-refractivity contribution < 1.29 is 4.79 Å². The first kappa shape index (κ1) is 11.9. The molecule has 1 amide bonds. The average molecular weight is 224 g/mol. The number of carbonyl (C=O) groups excluding carboxylic acids is 1. The predicted molar refractivity (Wildman–Crippen MR) is 65.1 cm³/mol. The van der Waals surface area contributed by atoms with Gasteiger partial charge >= 0.3 is 0 Å². The van der Waals surface area contributed by atoms with Gasteiger partial charge in [-0.1, -0.05) is 13.8 Å². The standard InChI is InChI=1S/C13H24N2O/c1-9-4-7-12(10(9)2)14-8-13(16)15(3)11-5-6-11/h9-12,14H,4-8H2,1-3H3. The molecule has 2 aliphatic carbocycles. The van der Waals surface area contributed by atoms with Gasteiger partial charge in [0.1, 0.15) is 0 Å². The summed E-state index contributed by atoms with van der Waals surface area (Å²) in [6, 6.07) is 1.08. The van der Waals surface area contributed by atoms with Crippen molar-refractivity contribution in [2.24, 2.45) is 11.8 Å². The number of hydrogen-bond acceptors (Lipinski definition) is 2. The zero-order valence-corrected chi connectivity index (χ0v) is 10.7. The Bertz CT molecular complexity index is 263. The van der Waals surface area contributed by atoms with Crippen LogP contribution in [0.15, 0.2) is 0 Å². The van der Waals surface area contributed by atoms with Crippen LogP contribution in [0.3, 0.4) is 0 Å². The van der Waals surface area contributed by atoms with Crippen molar-refractivity contribution in [2.75, 3.05) is 13.6 Å². The largest absolute Gasteiger partial charge is 0.342 e. The molecule has 3 atom stereocenters. The van der Waals surface area contributed by atoms with Crippen LogP contribution in [0, 0.1) is 11.8 Å². The van der Waals surface area contributed by atoms with E-state index in [0.717, 1.165) is 5.92 Å². The molecule has 0 aromatic heterocycles. The van der Waals surface area contributed by atoms with Crippen LogP contribution in [0.1, 0.15) is 39.5 Å². The second kappa shape index (κ2) is 4.74. The fourth-order valence-corrected chi connectivity index (χ4v) is 2.66. The SMILES string of the molecule is CC1CCC(NCC(=O)N(C)C2CC2)C1C. The molecule has 3 nitrogen and oxygen atoms in total. The van der Waals surface area contributed by atoms with Crippen molar-refractivity contribution in [3.05, 3.63) is 0 Å². The van der Waals surface area contributed by atoms with Gasteiger partial charge in [-0.15, -0.1) is 0 Å². The minimum atomic E-state index is 0.259. The molecular weight excluding hydrogens is 200 g/mol. The maximum absolute atomic E-state index is 11.8. The highest BCUT2D eigenvalue weighted by Crippen LogP contribution is 2.31. The molecule has 0 radical (unpaired) electrons. The average Bonchev–Trinajstić information content (AvgIpc) is 3.06. The van der Waals surface area contributed by atoms with Gasteiger partial charge in [-0.05, 0) is 37.5 Å². The highest BCUT2D eigenvalue weighted by molar-refractivity contribution is 5.78. The van der Waals surface area contributed by atoms with E-state index in [9.17, 15) is 4.79 Å². The summed E-state index contributed by atoms with van der Waals surface area (Å²) in [5, 5.41) is 3.43. The molecule has 92 valence electrons. The fourth-order valence-electron chi connectivity index (χ4n) is 2.66. The van der Waals surface area contributed by atoms with E-state index < -0.39 is 0 Å². The minimum absolute atomic E-state index is 0.259. The van der Waals surface area contributed by atoms with Crippen LogP contribution in [0.5, 0.6) is 0 Å². The number of carbonyl (C=O) groups is 1. The smallest absolute Gasteiger partial charge is 0.236 e. The third-order valence-electron chi connectivity index (χ3n) is 4.47. The number of hydrogen-bond donors (Lipinski definition) is 1. The molecule has 0 spiro atoms. The van der Waals surface area contributed by atoms with E-state index in [1.165, 1.54) is 25.7 Å². The molecule has 3 heteroatoms. The van der Waals surface area contributed by atoms with Gasteiger partial charge in [0.25, 0.3) is 0 Å². The van der Waals surface area contributed by atoms with Crippen molar-refractivity contribution >= 4 is 5.91 Å². The Morgan fingerprint density at radius 1 is 1.25 bits per heavy atom. The monoisotopic (exact) mass is 224 g/mol. The van der Waals surface area contributed by atoms with Gasteiger partial charge in [0.05, 0.1) is 6.54 Å². The van der Waals surface area contributed by atoms with E-state index >= 15 is 0 Å². The zero-order valence-electron chi connectivity index (χ0n) is 10.7. The first-order valence-electron chi connectivity index (χ1n) is 6.58. The summed E-state index contributed by atoms with van der Waals surface area (Å²) < 4.78 is 0. The third kappa shape index (κ3) is 2.57. The van der Waals surface area contributed by atoms with Crippen molar-refractivity contribution in [2.45, 2.75) is 51.6 Å². The first-order chi connectivity index (χ1) is 7.59. The van der Waals surface area contributed by atoms with Gasteiger partial charge in [-0.2, -0.15) is 0 Å². The van der Waals surface area contributed by atoms with Crippen LogP contribution in [0.4, 0.5) is 0 Å². The molecule has 2 fully saturated rings. The lowest BCUT2D eigenvalue weighted by Crippen LogP contribution is -2.42. The Balaban J connectivity index is 1.72. The van der Waals surface area contributed by atoms with Crippen molar-refractivity contribution in [1.29, 1.82) is 0 Å². The first-order valence-corrected chi connectivity index (χ1v) is 6.58. The molecule has 0 aromatic carbocycles. The number of amides is 1. The van der Waals surface area contributed by atoms with Gasteiger partial charge in [0.15, 0.2) is 0 Å². The lowest BCUT2D eigenvalue weighted by atomic mass is 9.98. The minimum Gasteiger partial charge on any atom is -0.342 e. The summed E-state index contributed by atoms with van der Waals surface area (Å²) in [6.45, 7) is 5.13. The molecule has 3 unspecified atom stereocenters. The number of nitrogens with zero attached hydrogens (tertiary/aromatic N) is 1. The zero-order chi connectivity index (χ0) is 11.7. The number of nitrogens with one attached hydrogen (secondary N) is 1. The Morgan fingerprint density at radius 3 is 2.44 bits per heavy atom. The molecule has 0 saturated heterocycles. The molecule has 0 bridgehead atoms. The van der Waals surface area contributed by atoms with E-state index in [1.807, 2.05) is 11.9 Å². The maximum Gasteiger partial charge on any atom is 0.236 e. The number of likely N-dealkylation sites (N-methyl/N-ethyl adjacent to an activating group) is 1. The van der Waals surface area contributed by atoms with Gasteiger partial charge in [0.2, 0.25) is 5.91 Å². The van der Waals surface area contributed by atoms with Gasteiger partial charge in [-0.25, -0.2) is 0 Å². The third-order valence-corrected chi connectivity index (χ3v) is 4.47. The normalized spacial score (nSPS) is 34.1. The Hall–Kier alpha value is -0.570. The van der Waals surface area contributed by atoms with E-state index in [0.29, 0.717) is 24.5 Å². The Kier molecular flexibility index (Phi) is 3.53. The van der Waals surface area contributed by atoms with E-state index in [4.69, 9.17) is 0 Å².